The van der Waals surface area contributed by atoms with E-state index in [-0.39, 0.29) is 5.91 Å². The Morgan fingerprint density at radius 2 is 2.00 bits per heavy atom. The molecular weight excluding hydrogens is 392 g/mol. The monoisotopic (exact) mass is 420 g/mol. The number of ether oxygens (including phenoxy) is 1. The van der Waals surface area contributed by atoms with Crippen LogP contribution in [-0.2, 0) is 24.2 Å². The Bertz CT molecular complexity index is 1120. The predicted molar refractivity (Wildman–Crippen MR) is 116 cm³/mol. The molecule has 8 heteroatoms. The van der Waals surface area contributed by atoms with Crippen LogP contribution in [-0.4, -0.2) is 68.1 Å². The molecule has 1 aromatic carbocycles. The molecule has 0 spiro atoms. The summed E-state index contributed by atoms with van der Waals surface area (Å²) in [6.45, 7) is 9.09. The van der Waals surface area contributed by atoms with Crippen LogP contribution in [0.25, 0.3) is 5.78 Å². The number of carbonyl (C=O) groups excluding carboxylic acids is 1. The van der Waals surface area contributed by atoms with Crippen LogP contribution in [0.15, 0.2) is 24.5 Å². The summed E-state index contributed by atoms with van der Waals surface area (Å²) in [5.74, 6) is 1.85. The molecule has 1 amide bonds. The number of hydrogen-bond acceptors (Lipinski definition) is 6. The Morgan fingerprint density at radius 1 is 1.16 bits per heavy atom. The third-order valence-corrected chi connectivity index (χ3v) is 6.46. The van der Waals surface area contributed by atoms with Gasteiger partial charge in [0.15, 0.2) is 0 Å². The van der Waals surface area contributed by atoms with E-state index in [1.165, 1.54) is 17.5 Å². The lowest BCUT2D eigenvalue weighted by atomic mass is 10.1. The fourth-order valence-corrected chi connectivity index (χ4v) is 4.66. The van der Waals surface area contributed by atoms with Crippen LogP contribution in [0.5, 0.6) is 5.75 Å². The van der Waals surface area contributed by atoms with Crippen LogP contribution < -0.4 is 4.74 Å². The third kappa shape index (κ3) is 3.99. The van der Waals surface area contributed by atoms with E-state index >= 15 is 0 Å². The summed E-state index contributed by atoms with van der Waals surface area (Å²) in [5, 5.41) is 4.23. The molecule has 0 atom stereocenters. The number of rotatable bonds is 5. The predicted octanol–water partition coefficient (Wildman–Crippen LogP) is 1.95. The first kappa shape index (κ1) is 19.9. The Hall–Kier alpha value is -3.00. The second-order valence-corrected chi connectivity index (χ2v) is 8.43. The van der Waals surface area contributed by atoms with Gasteiger partial charge in [0.05, 0.1) is 6.61 Å². The molecule has 31 heavy (non-hydrogen) atoms. The average Bonchev–Trinajstić information content (AvgIpc) is 3.43. The van der Waals surface area contributed by atoms with Crippen molar-refractivity contribution in [2.75, 3.05) is 32.8 Å². The molecular formula is C23H28N6O2. The molecule has 0 radical (unpaired) electrons. The smallest absolute Gasteiger partial charge is 0.252 e. The number of fused-ring (bicyclic) bond motifs is 2. The molecule has 0 aliphatic carbocycles. The summed E-state index contributed by atoms with van der Waals surface area (Å²) in [7, 11) is 0. The number of aryl methyl sites for hydroxylation is 2. The largest absolute Gasteiger partial charge is 0.493 e. The van der Waals surface area contributed by atoms with Crippen molar-refractivity contribution in [1.82, 2.24) is 29.4 Å². The van der Waals surface area contributed by atoms with Crippen LogP contribution in [0, 0.1) is 13.8 Å². The lowest BCUT2D eigenvalue weighted by Crippen LogP contribution is -2.48. The first-order valence-corrected chi connectivity index (χ1v) is 11.0. The van der Waals surface area contributed by atoms with Gasteiger partial charge in [-0.05, 0) is 43.0 Å². The number of benzene rings is 1. The highest BCUT2D eigenvalue weighted by molar-refractivity contribution is 5.76. The fraction of sp³-hybridized carbons (Fsp3) is 0.478. The van der Waals surface area contributed by atoms with Gasteiger partial charge in [0.2, 0.25) is 5.91 Å². The minimum Gasteiger partial charge on any atom is -0.493 e. The molecule has 2 aromatic heterocycles. The molecule has 8 nitrogen and oxygen atoms in total. The summed E-state index contributed by atoms with van der Waals surface area (Å²) >= 11 is 0. The zero-order valence-electron chi connectivity index (χ0n) is 18.2. The molecule has 0 bridgehead atoms. The van der Waals surface area contributed by atoms with Crippen molar-refractivity contribution in [1.29, 1.82) is 0 Å². The van der Waals surface area contributed by atoms with E-state index in [1.807, 2.05) is 18.7 Å². The van der Waals surface area contributed by atoms with E-state index in [1.54, 1.807) is 4.52 Å². The van der Waals surface area contributed by atoms with Crippen molar-refractivity contribution < 1.29 is 9.53 Å². The molecule has 0 unspecified atom stereocenters. The van der Waals surface area contributed by atoms with Crippen LogP contribution >= 0.6 is 0 Å². The van der Waals surface area contributed by atoms with Crippen molar-refractivity contribution in [2.24, 2.45) is 0 Å². The van der Waals surface area contributed by atoms with Gasteiger partial charge >= 0.3 is 0 Å². The van der Waals surface area contributed by atoms with Crippen LogP contribution in [0.4, 0.5) is 0 Å². The highest BCUT2D eigenvalue weighted by Crippen LogP contribution is 2.26. The quantitative estimate of drug-likeness (QED) is 0.628. The topological polar surface area (TPSA) is 75.9 Å². The van der Waals surface area contributed by atoms with Gasteiger partial charge in [-0.3, -0.25) is 9.69 Å². The number of carbonyl (C=O) groups is 1. The number of amides is 1. The van der Waals surface area contributed by atoms with Gasteiger partial charge in [-0.2, -0.15) is 10.1 Å². The van der Waals surface area contributed by atoms with Gasteiger partial charge in [-0.15, -0.1) is 0 Å². The highest BCUT2D eigenvalue weighted by atomic mass is 16.5. The van der Waals surface area contributed by atoms with Crippen molar-refractivity contribution in [2.45, 2.75) is 39.7 Å². The van der Waals surface area contributed by atoms with Crippen molar-refractivity contribution >= 4 is 11.7 Å². The molecule has 2 aliphatic rings. The number of hydrogen-bond donors (Lipinski definition) is 0. The highest BCUT2D eigenvalue weighted by Gasteiger charge is 2.22. The van der Waals surface area contributed by atoms with Crippen LogP contribution in [0.2, 0.25) is 0 Å². The molecule has 5 rings (SSSR count). The normalized spacial score (nSPS) is 16.5. The number of piperazine rings is 1. The van der Waals surface area contributed by atoms with Gasteiger partial charge in [-0.25, -0.2) is 9.50 Å². The third-order valence-electron chi connectivity index (χ3n) is 6.46. The van der Waals surface area contributed by atoms with E-state index in [0.717, 1.165) is 68.5 Å². The Balaban J connectivity index is 1.14. The molecule has 1 fully saturated rings. The standard InChI is InChI=1S/C23H28N6O2/c1-16-20(17(2)29-23(26-16)24-15-25-29)4-6-22(30)28-10-8-27(9-11-28)14-18-3-5-21-19(13-18)7-12-31-21/h3,5,13,15H,4,6-12,14H2,1-2H3. The molecule has 3 aromatic rings. The van der Waals surface area contributed by atoms with Gasteiger partial charge in [-0.1, -0.05) is 12.1 Å². The molecule has 162 valence electrons. The molecule has 4 heterocycles. The van der Waals surface area contributed by atoms with Crippen molar-refractivity contribution in [3.8, 4) is 5.75 Å². The SMILES string of the molecule is Cc1nc2ncnn2c(C)c1CCC(=O)N1CCN(Cc2ccc3c(c2)CCO3)CC1. The minimum absolute atomic E-state index is 0.215. The maximum atomic E-state index is 12.8. The van der Waals surface area contributed by atoms with Crippen molar-refractivity contribution in [3.63, 3.8) is 0 Å². The average molecular weight is 421 g/mol. The molecule has 0 N–H and O–H groups in total. The van der Waals surface area contributed by atoms with Crippen molar-refractivity contribution in [3.05, 3.63) is 52.6 Å². The first-order valence-electron chi connectivity index (χ1n) is 11.0. The van der Waals surface area contributed by atoms with E-state index in [2.05, 4.69) is 38.2 Å². The lowest BCUT2D eigenvalue weighted by molar-refractivity contribution is -0.133. The number of nitrogens with zero attached hydrogens (tertiary/aromatic N) is 6. The Kier molecular flexibility index (Phi) is 5.31. The second-order valence-electron chi connectivity index (χ2n) is 8.43. The Labute approximate surface area is 181 Å². The van der Waals surface area contributed by atoms with E-state index in [9.17, 15) is 4.79 Å². The minimum atomic E-state index is 0.215. The summed E-state index contributed by atoms with van der Waals surface area (Å²) in [5.41, 5.74) is 5.67. The fourth-order valence-electron chi connectivity index (χ4n) is 4.66. The van der Waals surface area contributed by atoms with Gasteiger partial charge in [0.25, 0.3) is 5.78 Å². The molecule has 2 aliphatic heterocycles. The summed E-state index contributed by atoms with van der Waals surface area (Å²) < 4.78 is 7.35. The first-order chi connectivity index (χ1) is 15.1. The Morgan fingerprint density at radius 3 is 2.84 bits per heavy atom. The van der Waals surface area contributed by atoms with Gasteiger partial charge in [0, 0.05) is 57.0 Å². The van der Waals surface area contributed by atoms with Crippen LogP contribution in [0.1, 0.15) is 34.5 Å². The van der Waals surface area contributed by atoms with E-state index in [4.69, 9.17) is 4.74 Å². The lowest BCUT2D eigenvalue weighted by Gasteiger charge is -2.35. The second kappa shape index (κ2) is 8.26. The zero-order valence-corrected chi connectivity index (χ0v) is 18.2. The maximum Gasteiger partial charge on any atom is 0.252 e. The summed E-state index contributed by atoms with van der Waals surface area (Å²) in [6, 6.07) is 6.52. The van der Waals surface area contributed by atoms with Gasteiger partial charge < -0.3 is 9.64 Å². The van der Waals surface area contributed by atoms with Crippen LogP contribution in [0.3, 0.4) is 0 Å². The van der Waals surface area contributed by atoms with E-state index < -0.39 is 0 Å². The summed E-state index contributed by atoms with van der Waals surface area (Å²) in [6.07, 6.45) is 3.69. The van der Waals surface area contributed by atoms with Gasteiger partial charge in [0.1, 0.15) is 12.1 Å². The van der Waals surface area contributed by atoms with E-state index in [0.29, 0.717) is 18.6 Å². The zero-order chi connectivity index (χ0) is 21.4. The maximum absolute atomic E-state index is 12.8. The molecule has 1 saturated heterocycles. The summed E-state index contributed by atoms with van der Waals surface area (Å²) in [4.78, 5) is 25.9. The molecule has 0 saturated carbocycles. The number of aromatic nitrogens is 4.